The van der Waals surface area contributed by atoms with Gasteiger partial charge in [0.05, 0.1) is 12.7 Å². The minimum Gasteiger partial charge on any atom is -0.373 e. The summed E-state index contributed by atoms with van der Waals surface area (Å²) in [5.74, 6) is 0.227. The third-order valence-electron chi connectivity index (χ3n) is 7.96. The van der Waals surface area contributed by atoms with E-state index in [4.69, 9.17) is 4.74 Å². The van der Waals surface area contributed by atoms with Crippen LogP contribution in [0.2, 0.25) is 0 Å². The second-order valence-electron chi connectivity index (χ2n) is 10.1. The van der Waals surface area contributed by atoms with Crippen molar-refractivity contribution in [2.75, 3.05) is 6.54 Å². The van der Waals surface area contributed by atoms with E-state index in [0.29, 0.717) is 36.6 Å². The van der Waals surface area contributed by atoms with Crippen LogP contribution in [0.3, 0.4) is 0 Å². The molecule has 0 radical (unpaired) electrons. The lowest BCUT2D eigenvalue weighted by Crippen LogP contribution is -2.47. The van der Waals surface area contributed by atoms with Gasteiger partial charge in [0.25, 0.3) is 0 Å². The Morgan fingerprint density at radius 2 is 1.70 bits per heavy atom. The summed E-state index contributed by atoms with van der Waals surface area (Å²) in [7, 11) is 0. The van der Waals surface area contributed by atoms with Gasteiger partial charge in [-0.05, 0) is 63.1 Å². The number of aromatic nitrogens is 3. The van der Waals surface area contributed by atoms with Crippen molar-refractivity contribution in [1.29, 1.82) is 0 Å². The van der Waals surface area contributed by atoms with Crippen molar-refractivity contribution >= 4 is 0 Å². The second kappa shape index (κ2) is 11.1. The Hall–Kier alpha value is -3.10. The van der Waals surface area contributed by atoms with Crippen LogP contribution in [-0.4, -0.2) is 43.8 Å². The maximum Gasteiger partial charge on any atom is 0.353 e. The summed E-state index contributed by atoms with van der Waals surface area (Å²) < 4.78 is 23.9. The van der Waals surface area contributed by atoms with Crippen LogP contribution in [0.25, 0.3) is 11.1 Å². The molecule has 0 aliphatic carbocycles. The second-order valence-corrected chi connectivity index (χ2v) is 10.1. The van der Waals surface area contributed by atoms with Crippen molar-refractivity contribution in [2.45, 2.75) is 83.8 Å². The highest BCUT2D eigenvalue weighted by atomic mass is 19.1. The molecule has 3 heterocycles. The molecule has 3 aromatic rings. The minimum atomic E-state index is -0.467. The van der Waals surface area contributed by atoms with E-state index in [-0.39, 0.29) is 24.2 Å². The Morgan fingerprint density at radius 1 is 0.973 bits per heavy atom. The van der Waals surface area contributed by atoms with Gasteiger partial charge in [-0.3, -0.25) is 9.47 Å². The zero-order valence-electron chi connectivity index (χ0n) is 21.6. The highest BCUT2D eigenvalue weighted by Crippen LogP contribution is 2.37. The highest BCUT2D eigenvalue weighted by Gasteiger charge is 2.40. The summed E-state index contributed by atoms with van der Waals surface area (Å²) in [5, 5.41) is 0. The molecular formula is C29H35FN4O3. The van der Waals surface area contributed by atoms with Crippen LogP contribution in [0, 0.1) is 12.7 Å². The van der Waals surface area contributed by atoms with E-state index < -0.39 is 5.69 Å². The van der Waals surface area contributed by atoms with E-state index in [1.807, 2.05) is 43.3 Å². The topological polar surface area (TPSA) is 69.4 Å². The molecule has 2 aliphatic heterocycles. The fourth-order valence-corrected chi connectivity index (χ4v) is 6.11. The van der Waals surface area contributed by atoms with Gasteiger partial charge in [0, 0.05) is 37.3 Å². The predicted molar refractivity (Wildman–Crippen MR) is 141 cm³/mol. The van der Waals surface area contributed by atoms with Crippen LogP contribution in [0.1, 0.15) is 50.4 Å². The Balaban J connectivity index is 1.19. The first-order valence-electron chi connectivity index (χ1n) is 13.3. The molecule has 2 saturated heterocycles. The Kier molecular flexibility index (Phi) is 7.67. The molecular weight excluding hydrogens is 471 g/mol. The first-order valence-corrected chi connectivity index (χ1v) is 13.3. The Morgan fingerprint density at radius 3 is 2.41 bits per heavy atom. The summed E-state index contributed by atoms with van der Waals surface area (Å²) in [6.07, 6.45) is 4.89. The Bertz CT molecular complexity index is 1340. The fourth-order valence-electron chi connectivity index (χ4n) is 6.11. The van der Waals surface area contributed by atoms with E-state index in [9.17, 15) is 14.0 Å². The molecule has 2 unspecified atom stereocenters. The zero-order chi connectivity index (χ0) is 25.9. The molecule has 7 nitrogen and oxygen atoms in total. The SMILES string of the molecule is CCn1c(C)nc(=O)n(CCCN2C3CCC2CC(OCc2c(F)cccc2-c2ccccc2)C3)c1=O. The number of benzene rings is 2. The third kappa shape index (κ3) is 5.31. The first-order chi connectivity index (χ1) is 18.0. The summed E-state index contributed by atoms with van der Waals surface area (Å²) in [5.41, 5.74) is 1.73. The van der Waals surface area contributed by atoms with E-state index in [1.54, 1.807) is 13.0 Å². The largest absolute Gasteiger partial charge is 0.373 e. The number of hydrogen-bond donors (Lipinski definition) is 0. The minimum absolute atomic E-state index is 0.0951. The summed E-state index contributed by atoms with van der Waals surface area (Å²) in [6.45, 7) is 5.53. The lowest BCUT2D eigenvalue weighted by atomic mass is 9.98. The van der Waals surface area contributed by atoms with Crippen LogP contribution >= 0.6 is 0 Å². The highest BCUT2D eigenvalue weighted by molar-refractivity contribution is 5.67. The number of halogens is 1. The molecule has 0 spiro atoms. The molecule has 2 aromatic carbocycles. The first kappa shape index (κ1) is 25.5. The molecule has 0 amide bonds. The number of ether oxygens (including phenoxy) is 1. The van der Waals surface area contributed by atoms with Gasteiger partial charge in [-0.15, -0.1) is 0 Å². The van der Waals surface area contributed by atoms with Crippen molar-refractivity contribution in [1.82, 2.24) is 19.0 Å². The van der Waals surface area contributed by atoms with Crippen molar-refractivity contribution in [3.8, 4) is 11.1 Å². The van der Waals surface area contributed by atoms with Gasteiger partial charge in [0.2, 0.25) is 0 Å². The number of aryl methyl sites for hydroxylation is 1. The molecule has 0 saturated carbocycles. The third-order valence-corrected chi connectivity index (χ3v) is 7.96. The van der Waals surface area contributed by atoms with Gasteiger partial charge in [-0.1, -0.05) is 42.5 Å². The number of rotatable bonds is 9. The standard InChI is InChI=1S/C29H35FN4O3/c1-3-32-20(2)31-28(35)34(29(32)36)16-8-15-33-22-13-14-23(33)18-24(17-22)37-19-26-25(11-7-12-27(26)30)21-9-5-4-6-10-21/h4-7,9-12,22-24H,3,8,13-19H2,1-2H3. The van der Waals surface area contributed by atoms with Crippen molar-refractivity contribution in [3.05, 3.63) is 86.7 Å². The molecule has 0 N–H and O–H groups in total. The van der Waals surface area contributed by atoms with Crippen LogP contribution < -0.4 is 11.4 Å². The number of fused-ring (bicyclic) bond motifs is 2. The van der Waals surface area contributed by atoms with E-state index in [0.717, 1.165) is 49.8 Å². The normalized spacial score (nSPS) is 21.4. The summed E-state index contributed by atoms with van der Waals surface area (Å²) in [6, 6.07) is 15.9. The van der Waals surface area contributed by atoms with Crippen LogP contribution in [0.4, 0.5) is 4.39 Å². The van der Waals surface area contributed by atoms with Gasteiger partial charge in [-0.25, -0.2) is 18.5 Å². The Labute approximate surface area is 216 Å². The molecule has 2 bridgehead atoms. The van der Waals surface area contributed by atoms with Crippen LogP contribution in [0.15, 0.2) is 58.1 Å². The molecule has 37 heavy (non-hydrogen) atoms. The van der Waals surface area contributed by atoms with Crippen molar-refractivity contribution < 1.29 is 9.13 Å². The molecule has 2 aliphatic rings. The van der Waals surface area contributed by atoms with E-state index in [2.05, 4.69) is 9.88 Å². The van der Waals surface area contributed by atoms with Crippen LogP contribution in [0.5, 0.6) is 0 Å². The summed E-state index contributed by atoms with van der Waals surface area (Å²) >= 11 is 0. The van der Waals surface area contributed by atoms with Gasteiger partial charge in [-0.2, -0.15) is 4.98 Å². The smallest absolute Gasteiger partial charge is 0.353 e. The average molecular weight is 507 g/mol. The van der Waals surface area contributed by atoms with Crippen LogP contribution in [-0.2, 0) is 24.4 Å². The van der Waals surface area contributed by atoms with Gasteiger partial charge >= 0.3 is 11.4 Å². The molecule has 8 heteroatoms. The molecule has 1 aromatic heterocycles. The van der Waals surface area contributed by atoms with E-state index >= 15 is 0 Å². The molecule has 5 rings (SSSR count). The zero-order valence-corrected chi connectivity index (χ0v) is 21.6. The number of nitrogens with zero attached hydrogens (tertiary/aromatic N) is 4. The molecule has 2 atom stereocenters. The van der Waals surface area contributed by atoms with Crippen molar-refractivity contribution in [3.63, 3.8) is 0 Å². The monoisotopic (exact) mass is 506 g/mol. The average Bonchev–Trinajstić information content (AvgIpc) is 3.12. The fraction of sp³-hybridized carbons (Fsp3) is 0.483. The molecule has 2 fully saturated rings. The van der Waals surface area contributed by atoms with E-state index in [1.165, 1.54) is 15.2 Å². The molecule has 196 valence electrons. The lowest BCUT2D eigenvalue weighted by Gasteiger charge is -2.39. The number of piperidine rings is 1. The maximum atomic E-state index is 14.8. The number of hydrogen-bond acceptors (Lipinski definition) is 5. The van der Waals surface area contributed by atoms with Crippen molar-refractivity contribution in [2.24, 2.45) is 0 Å². The maximum absolute atomic E-state index is 14.8. The quantitative estimate of drug-likeness (QED) is 0.436. The van der Waals surface area contributed by atoms with Gasteiger partial charge < -0.3 is 4.74 Å². The summed E-state index contributed by atoms with van der Waals surface area (Å²) in [4.78, 5) is 31.5. The van der Waals surface area contributed by atoms with Gasteiger partial charge in [0.15, 0.2) is 0 Å². The van der Waals surface area contributed by atoms with Gasteiger partial charge in [0.1, 0.15) is 11.6 Å². The lowest BCUT2D eigenvalue weighted by molar-refractivity contribution is -0.0292. The predicted octanol–water partition coefficient (Wildman–Crippen LogP) is 4.14.